The van der Waals surface area contributed by atoms with Crippen LogP contribution in [0.1, 0.15) is 22.4 Å². The molecule has 0 aliphatic carbocycles. The second-order valence-corrected chi connectivity index (χ2v) is 6.17. The lowest BCUT2D eigenvalue weighted by Crippen LogP contribution is -1.95. The summed E-state index contributed by atoms with van der Waals surface area (Å²) in [5.74, 6) is 1.34. The Balaban J connectivity index is 1.85. The monoisotopic (exact) mass is 345 g/mol. The molecular formula is C19H17Cl2NO. The zero-order valence-corrected chi connectivity index (χ0v) is 14.4. The Morgan fingerprint density at radius 1 is 1.00 bits per heavy atom. The summed E-state index contributed by atoms with van der Waals surface area (Å²) in [5.41, 5.74) is 5.30. The van der Waals surface area contributed by atoms with E-state index in [1.165, 1.54) is 0 Å². The standard InChI is InChI=1S/C19H17Cl2NO/c1-13-17(11-10-15-4-2-3-5-18(15)21)19(23-22-13)16-8-6-14(12-20)7-9-16/h2-9H,10-12H2,1H3. The maximum Gasteiger partial charge on any atom is 0.170 e. The van der Waals surface area contributed by atoms with Crippen LogP contribution >= 0.6 is 23.2 Å². The predicted molar refractivity (Wildman–Crippen MR) is 95.1 cm³/mol. The van der Waals surface area contributed by atoms with Gasteiger partial charge < -0.3 is 4.52 Å². The quantitative estimate of drug-likeness (QED) is 0.544. The van der Waals surface area contributed by atoms with Crippen LogP contribution in [0, 0.1) is 6.92 Å². The molecule has 0 bridgehead atoms. The predicted octanol–water partition coefficient (Wildman–Crippen LogP) is 5.83. The summed E-state index contributed by atoms with van der Waals surface area (Å²) in [6.45, 7) is 1.97. The van der Waals surface area contributed by atoms with Crippen molar-refractivity contribution in [2.75, 3.05) is 0 Å². The van der Waals surface area contributed by atoms with E-state index in [2.05, 4.69) is 11.2 Å². The molecule has 0 aliphatic rings. The molecule has 4 heteroatoms. The zero-order valence-electron chi connectivity index (χ0n) is 12.9. The van der Waals surface area contributed by atoms with Gasteiger partial charge in [0.25, 0.3) is 0 Å². The van der Waals surface area contributed by atoms with Gasteiger partial charge in [0.05, 0.1) is 5.69 Å². The molecule has 1 aromatic heterocycles. The van der Waals surface area contributed by atoms with Gasteiger partial charge in [-0.15, -0.1) is 11.6 Å². The van der Waals surface area contributed by atoms with Gasteiger partial charge in [-0.05, 0) is 37.0 Å². The number of halogens is 2. The molecule has 1 heterocycles. The Morgan fingerprint density at radius 2 is 1.74 bits per heavy atom. The molecule has 0 saturated heterocycles. The minimum Gasteiger partial charge on any atom is -0.356 e. The Hall–Kier alpha value is -1.77. The van der Waals surface area contributed by atoms with Crippen molar-refractivity contribution in [3.63, 3.8) is 0 Å². The molecule has 2 aromatic carbocycles. The molecule has 0 amide bonds. The van der Waals surface area contributed by atoms with Crippen LogP contribution in [0.5, 0.6) is 0 Å². The zero-order chi connectivity index (χ0) is 16.2. The number of aryl methyl sites for hydroxylation is 2. The van der Waals surface area contributed by atoms with Gasteiger partial charge in [-0.3, -0.25) is 0 Å². The van der Waals surface area contributed by atoms with Crippen molar-refractivity contribution in [1.29, 1.82) is 0 Å². The number of nitrogens with zero attached hydrogens (tertiary/aromatic N) is 1. The fraction of sp³-hybridized carbons (Fsp3) is 0.211. The Bertz CT molecular complexity index is 793. The van der Waals surface area contributed by atoms with Crippen molar-refractivity contribution in [2.24, 2.45) is 0 Å². The molecule has 0 aliphatic heterocycles. The van der Waals surface area contributed by atoms with Crippen LogP contribution < -0.4 is 0 Å². The third-order valence-corrected chi connectivity index (χ3v) is 4.63. The highest BCUT2D eigenvalue weighted by Crippen LogP contribution is 2.28. The Kier molecular flexibility index (Phi) is 5.04. The summed E-state index contributed by atoms with van der Waals surface area (Å²) >= 11 is 12.1. The van der Waals surface area contributed by atoms with Gasteiger partial charge in [-0.2, -0.15) is 0 Å². The lowest BCUT2D eigenvalue weighted by atomic mass is 9.99. The van der Waals surface area contributed by atoms with Gasteiger partial charge in [-0.1, -0.05) is 59.2 Å². The van der Waals surface area contributed by atoms with Gasteiger partial charge >= 0.3 is 0 Å². The number of hydrogen-bond acceptors (Lipinski definition) is 2. The SMILES string of the molecule is Cc1noc(-c2ccc(CCl)cc2)c1CCc1ccccc1Cl. The largest absolute Gasteiger partial charge is 0.356 e. The first-order valence-corrected chi connectivity index (χ1v) is 8.44. The lowest BCUT2D eigenvalue weighted by Gasteiger charge is -2.06. The second-order valence-electron chi connectivity index (χ2n) is 5.50. The van der Waals surface area contributed by atoms with Crippen molar-refractivity contribution in [3.05, 3.63) is 75.9 Å². The van der Waals surface area contributed by atoms with E-state index >= 15 is 0 Å². The molecule has 3 aromatic rings. The first kappa shape index (κ1) is 16.1. The maximum atomic E-state index is 6.24. The van der Waals surface area contributed by atoms with Crippen LogP contribution in [0.4, 0.5) is 0 Å². The normalized spacial score (nSPS) is 10.9. The van der Waals surface area contributed by atoms with Crippen molar-refractivity contribution < 1.29 is 4.52 Å². The number of aromatic nitrogens is 1. The molecule has 2 nitrogen and oxygen atoms in total. The summed E-state index contributed by atoms with van der Waals surface area (Å²) in [6, 6.07) is 16.0. The van der Waals surface area contributed by atoms with Crippen molar-refractivity contribution in [3.8, 4) is 11.3 Å². The lowest BCUT2D eigenvalue weighted by molar-refractivity contribution is 0.426. The van der Waals surface area contributed by atoms with E-state index in [-0.39, 0.29) is 0 Å². The van der Waals surface area contributed by atoms with Gasteiger partial charge in [0.1, 0.15) is 0 Å². The minimum absolute atomic E-state index is 0.509. The van der Waals surface area contributed by atoms with Crippen molar-refractivity contribution in [2.45, 2.75) is 25.6 Å². The fourth-order valence-electron chi connectivity index (χ4n) is 2.62. The van der Waals surface area contributed by atoms with Crippen LogP contribution in [-0.4, -0.2) is 5.16 Å². The smallest absolute Gasteiger partial charge is 0.170 e. The molecular weight excluding hydrogens is 329 g/mol. The van der Waals surface area contributed by atoms with Gasteiger partial charge in [0.15, 0.2) is 5.76 Å². The molecule has 118 valence electrons. The Labute approximate surface area is 146 Å². The molecule has 3 rings (SSSR count). The van der Waals surface area contributed by atoms with E-state index in [0.29, 0.717) is 5.88 Å². The van der Waals surface area contributed by atoms with E-state index in [9.17, 15) is 0 Å². The second kappa shape index (κ2) is 7.20. The summed E-state index contributed by atoms with van der Waals surface area (Å²) < 4.78 is 5.56. The molecule has 0 spiro atoms. The third kappa shape index (κ3) is 3.60. The van der Waals surface area contributed by atoms with Gasteiger partial charge in [0, 0.05) is 22.0 Å². The van der Waals surface area contributed by atoms with Crippen LogP contribution in [0.25, 0.3) is 11.3 Å². The third-order valence-electron chi connectivity index (χ3n) is 3.96. The summed E-state index contributed by atoms with van der Waals surface area (Å²) in [6.07, 6.45) is 1.69. The van der Waals surface area contributed by atoms with Crippen LogP contribution in [0.15, 0.2) is 53.1 Å². The van der Waals surface area contributed by atoms with Gasteiger partial charge in [-0.25, -0.2) is 0 Å². The summed E-state index contributed by atoms with van der Waals surface area (Å²) in [5, 5.41) is 4.94. The molecule has 23 heavy (non-hydrogen) atoms. The molecule has 0 radical (unpaired) electrons. The highest BCUT2D eigenvalue weighted by atomic mass is 35.5. The highest BCUT2D eigenvalue weighted by molar-refractivity contribution is 6.31. The number of alkyl halides is 1. The number of hydrogen-bond donors (Lipinski definition) is 0. The number of rotatable bonds is 5. The average molecular weight is 346 g/mol. The molecule has 0 N–H and O–H groups in total. The fourth-order valence-corrected chi connectivity index (χ4v) is 3.02. The van der Waals surface area contributed by atoms with Crippen molar-refractivity contribution >= 4 is 23.2 Å². The van der Waals surface area contributed by atoms with E-state index < -0.39 is 0 Å². The molecule has 0 atom stereocenters. The van der Waals surface area contributed by atoms with Crippen molar-refractivity contribution in [1.82, 2.24) is 5.16 Å². The van der Waals surface area contributed by atoms with E-state index in [0.717, 1.165) is 51.6 Å². The van der Waals surface area contributed by atoms with Crippen LogP contribution in [-0.2, 0) is 18.7 Å². The highest BCUT2D eigenvalue weighted by Gasteiger charge is 2.15. The molecule has 0 fully saturated rings. The minimum atomic E-state index is 0.509. The molecule has 0 unspecified atom stereocenters. The van der Waals surface area contributed by atoms with Gasteiger partial charge in [0.2, 0.25) is 0 Å². The van der Waals surface area contributed by atoms with E-state index in [1.807, 2.05) is 49.4 Å². The number of benzene rings is 2. The summed E-state index contributed by atoms with van der Waals surface area (Å²) in [4.78, 5) is 0. The first-order chi connectivity index (χ1) is 11.2. The molecule has 0 saturated carbocycles. The first-order valence-electron chi connectivity index (χ1n) is 7.53. The summed E-state index contributed by atoms with van der Waals surface area (Å²) in [7, 11) is 0. The topological polar surface area (TPSA) is 26.0 Å². The van der Waals surface area contributed by atoms with E-state index in [1.54, 1.807) is 0 Å². The van der Waals surface area contributed by atoms with Crippen LogP contribution in [0.3, 0.4) is 0 Å². The maximum absolute atomic E-state index is 6.24. The Morgan fingerprint density at radius 3 is 2.43 bits per heavy atom. The van der Waals surface area contributed by atoms with Crippen LogP contribution in [0.2, 0.25) is 5.02 Å². The average Bonchev–Trinajstić information content (AvgIpc) is 2.95. The van der Waals surface area contributed by atoms with E-state index in [4.69, 9.17) is 27.7 Å².